The van der Waals surface area contributed by atoms with Crippen LogP contribution in [0.3, 0.4) is 0 Å². The summed E-state index contributed by atoms with van der Waals surface area (Å²) < 4.78 is 8.22. The van der Waals surface area contributed by atoms with Gasteiger partial charge >= 0.3 is 5.69 Å². The fraction of sp³-hybridized carbons (Fsp3) is 0.125. The van der Waals surface area contributed by atoms with Crippen molar-refractivity contribution >= 4 is 77.9 Å². The van der Waals surface area contributed by atoms with Crippen molar-refractivity contribution < 1.29 is 9.66 Å². The lowest BCUT2D eigenvalue weighted by molar-refractivity contribution is -0.386. The maximum Gasteiger partial charge on any atom is 0.312 e. The van der Waals surface area contributed by atoms with Crippen molar-refractivity contribution in [3.05, 3.63) is 105 Å². The number of nitrogens with zero attached hydrogens (tertiary/aromatic N) is 4. The first kappa shape index (κ1) is 26.3. The molecule has 12 heteroatoms. The van der Waals surface area contributed by atoms with Crippen LogP contribution in [0.25, 0.3) is 10.9 Å². The van der Waals surface area contributed by atoms with Crippen molar-refractivity contribution in [2.24, 2.45) is 5.10 Å². The molecular formula is C24H16Br2Cl2N4O4. The maximum absolute atomic E-state index is 13.2. The predicted octanol–water partition coefficient (Wildman–Crippen LogP) is 7.16. The van der Waals surface area contributed by atoms with Crippen molar-refractivity contribution in [1.82, 2.24) is 9.66 Å². The third kappa shape index (κ3) is 5.62. The van der Waals surface area contributed by atoms with Gasteiger partial charge in [-0.05, 0) is 42.0 Å². The van der Waals surface area contributed by atoms with Gasteiger partial charge in [0.25, 0.3) is 5.56 Å². The Morgan fingerprint density at radius 3 is 2.58 bits per heavy atom. The number of hydrogen-bond donors (Lipinski definition) is 0. The maximum atomic E-state index is 13.2. The summed E-state index contributed by atoms with van der Waals surface area (Å²) in [5.74, 6) is 0.425. The molecule has 1 heterocycles. The number of aromatic nitrogens is 2. The number of nitro benzene ring substituents is 1. The first-order chi connectivity index (χ1) is 17.2. The van der Waals surface area contributed by atoms with E-state index in [9.17, 15) is 14.9 Å². The van der Waals surface area contributed by atoms with Crippen LogP contribution in [0.2, 0.25) is 10.0 Å². The highest BCUT2D eigenvalue weighted by Gasteiger charge is 2.21. The lowest BCUT2D eigenvalue weighted by Crippen LogP contribution is -2.22. The standard InChI is InChI=1S/C24H16Br2Cl2N4O4/c1-2-22-30-20-6-4-15(25)9-17(20)24(33)31(22)29-11-14-8-16(26)10-21(32(34)35)23(14)36-12-13-3-5-18(27)19(28)7-13/h3-11H,2,12H2,1H3. The van der Waals surface area contributed by atoms with E-state index in [2.05, 4.69) is 41.9 Å². The molecular weight excluding hydrogens is 639 g/mol. The minimum absolute atomic E-state index is 0.00802. The van der Waals surface area contributed by atoms with Gasteiger partial charge in [0, 0.05) is 27.0 Å². The molecule has 0 atom stereocenters. The van der Waals surface area contributed by atoms with Crippen molar-refractivity contribution in [1.29, 1.82) is 0 Å². The van der Waals surface area contributed by atoms with Gasteiger partial charge in [-0.3, -0.25) is 14.9 Å². The molecule has 0 saturated carbocycles. The zero-order valence-electron chi connectivity index (χ0n) is 18.5. The van der Waals surface area contributed by atoms with Crippen LogP contribution >= 0.6 is 55.1 Å². The Morgan fingerprint density at radius 1 is 1.11 bits per heavy atom. The quantitative estimate of drug-likeness (QED) is 0.120. The molecule has 0 radical (unpaired) electrons. The topological polar surface area (TPSA) is 99.6 Å². The van der Waals surface area contributed by atoms with Crippen LogP contribution in [0, 0.1) is 10.1 Å². The lowest BCUT2D eigenvalue weighted by Gasteiger charge is -2.12. The van der Waals surface area contributed by atoms with Crippen LogP contribution in [0.5, 0.6) is 5.75 Å². The van der Waals surface area contributed by atoms with Gasteiger partial charge in [0.05, 0.1) is 32.1 Å². The molecule has 8 nitrogen and oxygen atoms in total. The summed E-state index contributed by atoms with van der Waals surface area (Å²) in [6, 6.07) is 13.1. The highest BCUT2D eigenvalue weighted by molar-refractivity contribution is 9.10. The second-order valence-corrected chi connectivity index (χ2v) is 10.2. The van der Waals surface area contributed by atoms with E-state index in [0.29, 0.717) is 48.8 Å². The van der Waals surface area contributed by atoms with E-state index in [1.165, 1.54) is 17.0 Å². The van der Waals surface area contributed by atoms with Crippen molar-refractivity contribution in [3.63, 3.8) is 0 Å². The number of ether oxygens (including phenoxy) is 1. The molecule has 0 amide bonds. The van der Waals surface area contributed by atoms with Gasteiger partial charge in [-0.15, -0.1) is 0 Å². The fourth-order valence-electron chi connectivity index (χ4n) is 3.44. The average molecular weight is 655 g/mol. The first-order valence-electron chi connectivity index (χ1n) is 10.5. The van der Waals surface area contributed by atoms with Crippen LogP contribution < -0.4 is 10.3 Å². The Morgan fingerprint density at radius 2 is 1.89 bits per heavy atom. The normalized spacial score (nSPS) is 11.4. The van der Waals surface area contributed by atoms with Crippen molar-refractivity contribution in [3.8, 4) is 5.75 Å². The molecule has 0 saturated heterocycles. The van der Waals surface area contributed by atoms with Crippen LogP contribution in [-0.2, 0) is 13.0 Å². The molecule has 3 aromatic carbocycles. The summed E-state index contributed by atoms with van der Waals surface area (Å²) in [6.07, 6.45) is 1.78. The summed E-state index contributed by atoms with van der Waals surface area (Å²) in [7, 11) is 0. The molecule has 0 N–H and O–H groups in total. The molecule has 0 unspecified atom stereocenters. The molecule has 0 spiro atoms. The lowest BCUT2D eigenvalue weighted by atomic mass is 10.2. The summed E-state index contributed by atoms with van der Waals surface area (Å²) in [5.41, 5.74) is 0.875. The second-order valence-electron chi connectivity index (χ2n) is 7.54. The zero-order chi connectivity index (χ0) is 26.0. The van der Waals surface area contributed by atoms with E-state index in [1.54, 1.807) is 42.5 Å². The van der Waals surface area contributed by atoms with Crippen molar-refractivity contribution in [2.45, 2.75) is 20.0 Å². The predicted molar refractivity (Wildman–Crippen MR) is 148 cm³/mol. The smallest absolute Gasteiger partial charge is 0.312 e. The summed E-state index contributed by atoms with van der Waals surface area (Å²) in [4.78, 5) is 29.0. The number of halogens is 4. The van der Waals surface area contributed by atoms with E-state index in [0.717, 1.165) is 4.47 Å². The van der Waals surface area contributed by atoms with E-state index < -0.39 is 4.92 Å². The Labute approximate surface area is 231 Å². The fourth-order valence-corrected chi connectivity index (χ4v) is 4.58. The van der Waals surface area contributed by atoms with Crippen molar-refractivity contribution in [2.75, 3.05) is 0 Å². The SMILES string of the molecule is CCc1nc2ccc(Br)cc2c(=O)n1N=Cc1cc(Br)cc([N+](=O)[O-])c1OCc1ccc(Cl)c(Cl)c1. The molecule has 4 aromatic rings. The van der Waals surface area contributed by atoms with Crippen LogP contribution in [0.4, 0.5) is 5.69 Å². The monoisotopic (exact) mass is 652 g/mol. The molecule has 0 aliphatic carbocycles. The van der Waals surface area contributed by atoms with Gasteiger partial charge in [-0.25, -0.2) is 4.98 Å². The molecule has 4 rings (SSSR count). The number of rotatable bonds is 7. The molecule has 184 valence electrons. The van der Waals surface area contributed by atoms with Gasteiger partial charge in [0.2, 0.25) is 5.75 Å². The Balaban J connectivity index is 1.79. The molecule has 36 heavy (non-hydrogen) atoms. The molecule has 0 aliphatic heterocycles. The number of hydrogen-bond acceptors (Lipinski definition) is 6. The largest absolute Gasteiger partial charge is 0.481 e. The number of benzene rings is 3. The minimum atomic E-state index is -0.551. The third-order valence-electron chi connectivity index (χ3n) is 5.13. The second kappa shape index (κ2) is 11.1. The highest BCUT2D eigenvalue weighted by atomic mass is 79.9. The van der Waals surface area contributed by atoms with Crippen LogP contribution in [0.15, 0.2) is 67.4 Å². The summed E-state index contributed by atoms with van der Waals surface area (Å²) in [5, 5.41) is 17.3. The minimum Gasteiger partial charge on any atom is -0.481 e. The first-order valence-corrected chi connectivity index (χ1v) is 12.8. The van der Waals surface area contributed by atoms with Gasteiger partial charge < -0.3 is 4.74 Å². The molecule has 0 fully saturated rings. The van der Waals surface area contributed by atoms with E-state index >= 15 is 0 Å². The summed E-state index contributed by atoms with van der Waals surface area (Å²) in [6.45, 7) is 1.85. The van der Waals surface area contributed by atoms with E-state index in [1.807, 2.05) is 6.92 Å². The van der Waals surface area contributed by atoms with Gasteiger partial charge in [-0.2, -0.15) is 9.78 Å². The molecule has 0 aliphatic rings. The van der Waals surface area contributed by atoms with E-state index in [-0.39, 0.29) is 23.6 Å². The van der Waals surface area contributed by atoms with E-state index in [4.69, 9.17) is 27.9 Å². The average Bonchev–Trinajstić information content (AvgIpc) is 2.84. The van der Waals surface area contributed by atoms with Gasteiger partial charge in [0.1, 0.15) is 12.4 Å². The van der Waals surface area contributed by atoms with Crippen LogP contribution in [-0.4, -0.2) is 20.8 Å². The Hall–Kier alpha value is -2.79. The highest BCUT2D eigenvalue weighted by Crippen LogP contribution is 2.35. The third-order valence-corrected chi connectivity index (χ3v) is 6.82. The Kier molecular flexibility index (Phi) is 8.09. The van der Waals surface area contributed by atoms with Gasteiger partial charge in [0.15, 0.2) is 0 Å². The zero-order valence-corrected chi connectivity index (χ0v) is 23.2. The molecule has 1 aromatic heterocycles. The Bertz CT molecular complexity index is 1590. The summed E-state index contributed by atoms with van der Waals surface area (Å²) >= 11 is 18.7. The van der Waals surface area contributed by atoms with Gasteiger partial charge in [-0.1, -0.05) is 68.1 Å². The molecule has 0 bridgehead atoms. The number of nitro groups is 1. The van der Waals surface area contributed by atoms with Crippen LogP contribution in [0.1, 0.15) is 23.9 Å². The number of aryl methyl sites for hydroxylation is 1. The number of fused-ring (bicyclic) bond motifs is 1.